The smallest absolute Gasteiger partial charge is 0.0989 e. The van der Waals surface area contributed by atoms with E-state index < -0.39 is 0 Å². The van der Waals surface area contributed by atoms with Gasteiger partial charge in [0.2, 0.25) is 0 Å². The van der Waals surface area contributed by atoms with Crippen LogP contribution in [0.4, 0.5) is 0 Å². The fourth-order valence-corrected chi connectivity index (χ4v) is 5.35. The van der Waals surface area contributed by atoms with E-state index in [1.54, 1.807) is 4.88 Å². The largest absolute Gasteiger partial charge is 0.374 e. The first-order valence-electron chi connectivity index (χ1n) is 8.23. The van der Waals surface area contributed by atoms with E-state index >= 15 is 0 Å². The molecular formula is C16H24N2OS. The Labute approximate surface area is 125 Å². The van der Waals surface area contributed by atoms with Crippen LogP contribution in [0.15, 0.2) is 0 Å². The Kier molecular flexibility index (Phi) is 3.57. The van der Waals surface area contributed by atoms with E-state index in [0.717, 1.165) is 6.54 Å². The summed E-state index contributed by atoms with van der Waals surface area (Å²) in [7, 11) is 0. The Morgan fingerprint density at radius 3 is 3.05 bits per heavy atom. The monoisotopic (exact) mass is 292 g/mol. The van der Waals surface area contributed by atoms with Crippen molar-refractivity contribution in [3.05, 3.63) is 15.6 Å². The second-order valence-electron chi connectivity index (χ2n) is 6.48. The van der Waals surface area contributed by atoms with Gasteiger partial charge in [-0.1, -0.05) is 6.92 Å². The molecule has 0 aromatic carbocycles. The molecule has 0 radical (unpaired) electrons. The fourth-order valence-electron chi connectivity index (χ4n) is 4.01. The third-order valence-electron chi connectivity index (χ3n) is 5.03. The summed E-state index contributed by atoms with van der Waals surface area (Å²) in [6, 6.07) is 0.503. The first kappa shape index (κ1) is 13.2. The molecule has 2 fully saturated rings. The summed E-state index contributed by atoms with van der Waals surface area (Å²) >= 11 is 1.98. The first-order chi connectivity index (χ1) is 9.85. The number of aryl methyl sites for hydroxylation is 1. The second-order valence-corrected chi connectivity index (χ2v) is 7.59. The highest BCUT2D eigenvalue weighted by Gasteiger charge is 2.43. The van der Waals surface area contributed by atoms with Crippen molar-refractivity contribution in [3.63, 3.8) is 0 Å². The first-order valence-corrected chi connectivity index (χ1v) is 9.05. The lowest BCUT2D eigenvalue weighted by molar-refractivity contribution is 0.100. The predicted molar refractivity (Wildman–Crippen MR) is 81.3 cm³/mol. The fraction of sp³-hybridized carbons (Fsp3) is 0.812. The Hall–Kier alpha value is -0.450. The summed E-state index contributed by atoms with van der Waals surface area (Å²) in [6.45, 7) is 3.34. The van der Waals surface area contributed by atoms with E-state index in [1.165, 1.54) is 55.6 Å². The lowest BCUT2D eigenvalue weighted by Gasteiger charge is -2.22. The molecule has 1 aliphatic carbocycles. The molecule has 2 aliphatic heterocycles. The van der Waals surface area contributed by atoms with Crippen LogP contribution in [-0.2, 0) is 11.2 Å². The predicted octanol–water partition coefficient (Wildman–Crippen LogP) is 3.56. The van der Waals surface area contributed by atoms with Crippen molar-refractivity contribution in [2.24, 2.45) is 0 Å². The molecule has 0 spiro atoms. The Balaban J connectivity index is 1.56. The Morgan fingerprint density at radius 2 is 2.30 bits per heavy atom. The van der Waals surface area contributed by atoms with Gasteiger partial charge in [-0.3, -0.25) is 0 Å². The molecule has 2 saturated heterocycles. The maximum Gasteiger partial charge on any atom is 0.0989 e. The van der Waals surface area contributed by atoms with Gasteiger partial charge in [0.15, 0.2) is 0 Å². The van der Waals surface area contributed by atoms with Crippen molar-refractivity contribution in [3.8, 4) is 0 Å². The van der Waals surface area contributed by atoms with Crippen molar-refractivity contribution < 1.29 is 4.74 Å². The molecule has 4 atom stereocenters. The van der Waals surface area contributed by atoms with Crippen LogP contribution in [0.2, 0.25) is 0 Å². The average Bonchev–Trinajstić information content (AvgIpc) is 3.18. The van der Waals surface area contributed by atoms with E-state index in [9.17, 15) is 0 Å². The topological polar surface area (TPSA) is 34.1 Å². The lowest BCUT2D eigenvalue weighted by Crippen LogP contribution is -2.25. The van der Waals surface area contributed by atoms with Crippen LogP contribution in [0.5, 0.6) is 0 Å². The number of fused-ring (bicyclic) bond motifs is 3. The van der Waals surface area contributed by atoms with Crippen molar-refractivity contribution in [1.82, 2.24) is 10.3 Å². The summed E-state index contributed by atoms with van der Waals surface area (Å²) in [6.07, 6.45) is 9.72. The average molecular weight is 292 g/mol. The molecule has 110 valence electrons. The third kappa shape index (κ3) is 2.22. The maximum atomic E-state index is 6.01. The number of hydrogen-bond acceptors (Lipinski definition) is 4. The zero-order valence-electron chi connectivity index (χ0n) is 12.2. The molecule has 20 heavy (non-hydrogen) atoms. The minimum atomic E-state index is 0.467. The lowest BCUT2D eigenvalue weighted by atomic mass is 9.89. The van der Waals surface area contributed by atoms with Crippen LogP contribution < -0.4 is 5.32 Å². The summed E-state index contributed by atoms with van der Waals surface area (Å²) in [5.74, 6) is 0.594. The van der Waals surface area contributed by atoms with Crippen molar-refractivity contribution in [1.29, 1.82) is 0 Å². The number of ether oxygens (including phenoxy) is 1. The van der Waals surface area contributed by atoms with Crippen molar-refractivity contribution >= 4 is 11.3 Å². The van der Waals surface area contributed by atoms with Gasteiger partial charge in [0, 0.05) is 10.8 Å². The highest BCUT2D eigenvalue weighted by molar-refractivity contribution is 7.11. The number of hydrogen-bond donors (Lipinski definition) is 1. The molecule has 0 saturated carbocycles. The number of nitrogens with one attached hydrogen (secondary N) is 1. The number of rotatable bonds is 4. The van der Waals surface area contributed by atoms with Gasteiger partial charge >= 0.3 is 0 Å². The Morgan fingerprint density at radius 1 is 1.35 bits per heavy atom. The molecule has 3 nitrogen and oxygen atoms in total. The van der Waals surface area contributed by atoms with Crippen molar-refractivity contribution in [2.75, 3.05) is 6.54 Å². The zero-order chi connectivity index (χ0) is 13.5. The standard InChI is InChI=1S/C16H24N2OS/c1-2-8-17-12-4-3-5-14-15(12)18-16(20-14)11-9-10-6-7-13(11)19-10/h10-13,17H,2-9H2,1H3. The van der Waals surface area contributed by atoms with Gasteiger partial charge in [-0.15, -0.1) is 11.3 Å². The molecule has 4 heteroatoms. The number of thiazole rings is 1. The van der Waals surface area contributed by atoms with Gasteiger partial charge in [-0.05, 0) is 51.5 Å². The minimum Gasteiger partial charge on any atom is -0.374 e. The van der Waals surface area contributed by atoms with Gasteiger partial charge in [-0.25, -0.2) is 4.98 Å². The molecule has 1 aromatic rings. The molecule has 1 N–H and O–H groups in total. The number of nitrogens with zero attached hydrogens (tertiary/aromatic N) is 1. The highest BCUT2D eigenvalue weighted by Crippen LogP contribution is 2.47. The number of aromatic nitrogens is 1. The van der Waals surface area contributed by atoms with Crippen LogP contribution in [0.1, 0.15) is 73.0 Å². The van der Waals surface area contributed by atoms with Gasteiger partial charge in [-0.2, -0.15) is 0 Å². The molecule has 4 rings (SSSR count). The molecule has 3 aliphatic rings. The quantitative estimate of drug-likeness (QED) is 0.921. The SMILES string of the molecule is CCCNC1CCCc2sc(C3CC4CCC3O4)nc21. The van der Waals surface area contributed by atoms with Gasteiger partial charge < -0.3 is 10.1 Å². The van der Waals surface area contributed by atoms with Crippen LogP contribution in [0, 0.1) is 0 Å². The van der Waals surface area contributed by atoms with Gasteiger partial charge in [0.05, 0.1) is 29.0 Å². The molecule has 2 bridgehead atoms. The van der Waals surface area contributed by atoms with Crippen LogP contribution >= 0.6 is 11.3 Å². The Bertz CT molecular complexity index is 487. The summed E-state index contributed by atoms with van der Waals surface area (Å²) in [5, 5.41) is 5.05. The molecule has 4 unspecified atom stereocenters. The zero-order valence-corrected chi connectivity index (χ0v) is 13.0. The van der Waals surface area contributed by atoms with Crippen LogP contribution in [0.25, 0.3) is 0 Å². The van der Waals surface area contributed by atoms with Crippen molar-refractivity contribution in [2.45, 2.75) is 76.0 Å². The molecular weight excluding hydrogens is 268 g/mol. The maximum absolute atomic E-state index is 6.01. The normalized spacial score (nSPS) is 35.5. The summed E-state index contributed by atoms with van der Waals surface area (Å²) in [4.78, 5) is 6.61. The van der Waals surface area contributed by atoms with Crippen LogP contribution in [-0.4, -0.2) is 23.7 Å². The van der Waals surface area contributed by atoms with E-state index in [-0.39, 0.29) is 0 Å². The van der Waals surface area contributed by atoms with E-state index in [1.807, 2.05) is 11.3 Å². The van der Waals surface area contributed by atoms with Gasteiger partial charge in [0.25, 0.3) is 0 Å². The second kappa shape index (κ2) is 5.39. The third-order valence-corrected chi connectivity index (χ3v) is 6.30. The van der Waals surface area contributed by atoms with E-state index in [0.29, 0.717) is 24.2 Å². The summed E-state index contributed by atoms with van der Waals surface area (Å²) < 4.78 is 6.01. The molecule has 1 aromatic heterocycles. The van der Waals surface area contributed by atoms with Gasteiger partial charge in [0.1, 0.15) is 0 Å². The van der Waals surface area contributed by atoms with Crippen LogP contribution in [0.3, 0.4) is 0 Å². The molecule has 0 amide bonds. The highest BCUT2D eigenvalue weighted by atomic mass is 32.1. The molecule has 3 heterocycles. The minimum absolute atomic E-state index is 0.467. The summed E-state index contributed by atoms with van der Waals surface area (Å²) in [5.41, 5.74) is 1.37. The van der Waals surface area contributed by atoms with E-state index in [4.69, 9.17) is 9.72 Å². The van der Waals surface area contributed by atoms with E-state index in [2.05, 4.69) is 12.2 Å².